The van der Waals surface area contributed by atoms with Gasteiger partial charge >= 0.3 is 6.18 Å². The van der Waals surface area contributed by atoms with E-state index in [9.17, 15) is 13.2 Å². The third-order valence-electron chi connectivity index (χ3n) is 2.96. The maximum absolute atomic E-state index is 12.5. The van der Waals surface area contributed by atoms with Crippen LogP contribution in [0.15, 0.2) is 54.6 Å². The minimum absolute atomic E-state index is 0. The highest BCUT2D eigenvalue weighted by Gasteiger charge is 2.37. The predicted octanol–water partition coefficient (Wildman–Crippen LogP) is 4.28. The molecule has 2 nitrogen and oxygen atoms in total. The average Bonchev–Trinajstić information content (AvgIpc) is 2.45. The third-order valence-corrected chi connectivity index (χ3v) is 2.96. The number of alkyl halides is 3. The zero-order valence-electron chi connectivity index (χ0n) is 11.1. The Balaban J connectivity index is 0.00000220. The molecule has 2 aromatic rings. The highest BCUT2D eigenvalue weighted by Crippen LogP contribution is 2.30. The topological polar surface area (TPSA) is 38.0 Å². The van der Waals surface area contributed by atoms with Gasteiger partial charge in [-0.15, -0.1) is 12.4 Å². The van der Waals surface area contributed by atoms with E-state index in [0.29, 0.717) is 6.54 Å². The molecule has 2 aromatic carbocycles. The van der Waals surface area contributed by atoms with E-state index in [4.69, 9.17) is 5.73 Å². The molecular formula is C15H16ClF3N2. The molecular weight excluding hydrogens is 301 g/mol. The summed E-state index contributed by atoms with van der Waals surface area (Å²) in [5.74, 6) is 0. The molecule has 21 heavy (non-hydrogen) atoms. The monoisotopic (exact) mass is 316 g/mol. The van der Waals surface area contributed by atoms with Crippen molar-refractivity contribution in [2.45, 2.75) is 18.8 Å². The van der Waals surface area contributed by atoms with Crippen LogP contribution in [0.3, 0.4) is 0 Å². The van der Waals surface area contributed by atoms with Crippen molar-refractivity contribution in [2.75, 3.05) is 5.32 Å². The molecule has 0 unspecified atom stereocenters. The van der Waals surface area contributed by atoms with Gasteiger partial charge in [0.05, 0.1) is 0 Å². The molecule has 2 rings (SSSR count). The van der Waals surface area contributed by atoms with Crippen LogP contribution in [0.2, 0.25) is 0 Å². The zero-order valence-corrected chi connectivity index (χ0v) is 11.9. The molecule has 0 amide bonds. The standard InChI is InChI=1S/C15H15F3N2.ClH/c16-15(17,18)14(19)12-6-8-13(9-7-12)20-10-11-4-2-1-3-5-11;/h1-9,14,20H,10,19H2;1H/t14-;/m1./s1. The predicted molar refractivity (Wildman–Crippen MR) is 80.4 cm³/mol. The highest BCUT2D eigenvalue weighted by atomic mass is 35.5. The smallest absolute Gasteiger partial charge is 0.381 e. The second kappa shape index (κ2) is 7.33. The SMILES string of the molecule is Cl.N[C@H](c1ccc(NCc2ccccc2)cc1)C(F)(F)F. The maximum Gasteiger partial charge on any atom is 0.407 e. The first-order valence-electron chi connectivity index (χ1n) is 6.17. The summed E-state index contributed by atoms with van der Waals surface area (Å²) in [6.45, 7) is 0.617. The van der Waals surface area contributed by atoms with E-state index in [-0.39, 0.29) is 18.0 Å². The van der Waals surface area contributed by atoms with Crippen LogP contribution in [0.5, 0.6) is 0 Å². The second-order valence-electron chi connectivity index (χ2n) is 4.48. The lowest BCUT2D eigenvalue weighted by molar-refractivity contribution is -0.149. The van der Waals surface area contributed by atoms with Gasteiger partial charge in [0, 0.05) is 12.2 Å². The largest absolute Gasteiger partial charge is 0.407 e. The van der Waals surface area contributed by atoms with Gasteiger partial charge in [-0.25, -0.2) is 0 Å². The van der Waals surface area contributed by atoms with E-state index < -0.39 is 12.2 Å². The fourth-order valence-corrected chi connectivity index (χ4v) is 1.80. The number of anilines is 1. The van der Waals surface area contributed by atoms with Gasteiger partial charge in [0.25, 0.3) is 0 Å². The summed E-state index contributed by atoms with van der Waals surface area (Å²) in [5, 5.41) is 3.14. The van der Waals surface area contributed by atoms with E-state index in [2.05, 4.69) is 5.32 Å². The third kappa shape index (κ3) is 4.95. The number of rotatable bonds is 4. The number of nitrogens with one attached hydrogen (secondary N) is 1. The first-order valence-corrected chi connectivity index (χ1v) is 6.17. The number of hydrogen-bond donors (Lipinski definition) is 2. The molecule has 0 saturated heterocycles. The Bertz CT molecular complexity index is 541. The number of benzene rings is 2. The van der Waals surface area contributed by atoms with Crippen molar-refractivity contribution < 1.29 is 13.2 Å². The lowest BCUT2D eigenvalue weighted by Gasteiger charge is -2.16. The summed E-state index contributed by atoms with van der Waals surface area (Å²) in [6.07, 6.45) is -4.42. The quantitative estimate of drug-likeness (QED) is 0.883. The van der Waals surface area contributed by atoms with E-state index in [1.54, 1.807) is 12.1 Å². The van der Waals surface area contributed by atoms with Crippen LogP contribution in [0, 0.1) is 0 Å². The summed E-state index contributed by atoms with van der Waals surface area (Å²) in [7, 11) is 0. The molecule has 0 aliphatic rings. The number of nitrogens with two attached hydrogens (primary N) is 1. The van der Waals surface area contributed by atoms with Crippen LogP contribution in [0.1, 0.15) is 17.2 Å². The minimum Gasteiger partial charge on any atom is -0.381 e. The Labute approximate surface area is 127 Å². The Morgan fingerprint density at radius 2 is 1.52 bits per heavy atom. The van der Waals surface area contributed by atoms with Gasteiger partial charge in [-0.2, -0.15) is 13.2 Å². The molecule has 0 radical (unpaired) electrons. The molecule has 0 aliphatic carbocycles. The molecule has 6 heteroatoms. The van der Waals surface area contributed by atoms with Crippen molar-refractivity contribution in [3.63, 3.8) is 0 Å². The van der Waals surface area contributed by atoms with E-state index in [1.165, 1.54) is 12.1 Å². The van der Waals surface area contributed by atoms with Gasteiger partial charge in [0.1, 0.15) is 6.04 Å². The lowest BCUT2D eigenvalue weighted by atomic mass is 10.1. The van der Waals surface area contributed by atoms with E-state index in [0.717, 1.165) is 11.3 Å². The molecule has 0 bridgehead atoms. The van der Waals surface area contributed by atoms with Crippen molar-refractivity contribution in [1.82, 2.24) is 0 Å². The van der Waals surface area contributed by atoms with Crippen molar-refractivity contribution in [3.05, 3.63) is 65.7 Å². The minimum atomic E-state index is -4.42. The molecule has 0 saturated carbocycles. The molecule has 114 valence electrons. The Morgan fingerprint density at radius 3 is 2.05 bits per heavy atom. The Kier molecular flexibility index (Phi) is 6.05. The highest BCUT2D eigenvalue weighted by molar-refractivity contribution is 5.85. The Morgan fingerprint density at radius 1 is 0.952 bits per heavy atom. The van der Waals surface area contributed by atoms with Crippen LogP contribution in [-0.4, -0.2) is 6.18 Å². The summed E-state index contributed by atoms with van der Waals surface area (Å²) in [4.78, 5) is 0. The molecule has 3 N–H and O–H groups in total. The van der Waals surface area contributed by atoms with Gasteiger partial charge in [-0.1, -0.05) is 42.5 Å². The van der Waals surface area contributed by atoms with Gasteiger partial charge in [0.15, 0.2) is 0 Å². The molecule has 0 aromatic heterocycles. The molecule has 0 spiro atoms. The van der Waals surface area contributed by atoms with Crippen LogP contribution >= 0.6 is 12.4 Å². The fraction of sp³-hybridized carbons (Fsp3) is 0.200. The van der Waals surface area contributed by atoms with Crippen molar-refractivity contribution in [2.24, 2.45) is 5.73 Å². The maximum atomic E-state index is 12.5. The second-order valence-corrected chi connectivity index (χ2v) is 4.48. The first kappa shape index (κ1) is 17.3. The number of halogens is 4. The van der Waals surface area contributed by atoms with Gasteiger partial charge in [-0.05, 0) is 23.3 Å². The molecule has 0 aliphatic heterocycles. The number of hydrogen-bond acceptors (Lipinski definition) is 2. The molecule has 0 heterocycles. The summed E-state index contributed by atoms with van der Waals surface area (Å²) < 4.78 is 37.4. The van der Waals surface area contributed by atoms with Crippen molar-refractivity contribution in [3.8, 4) is 0 Å². The van der Waals surface area contributed by atoms with Gasteiger partial charge in [0.2, 0.25) is 0 Å². The summed E-state index contributed by atoms with van der Waals surface area (Å²) >= 11 is 0. The summed E-state index contributed by atoms with van der Waals surface area (Å²) in [5.41, 5.74) is 7.06. The van der Waals surface area contributed by atoms with Gasteiger partial charge < -0.3 is 11.1 Å². The van der Waals surface area contributed by atoms with E-state index in [1.807, 2.05) is 30.3 Å². The summed E-state index contributed by atoms with van der Waals surface area (Å²) in [6, 6.07) is 13.8. The molecule has 0 fully saturated rings. The van der Waals surface area contributed by atoms with Crippen molar-refractivity contribution in [1.29, 1.82) is 0 Å². The van der Waals surface area contributed by atoms with Crippen molar-refractivity contribution >= 4 is 18.1 Å². The molecule has 1 atom stereocenters. The van der Waals surface area contributed by atoms with Crippen LogP contribution in [-0.2, 0) is 6.54 Å². The normalized spacial score (nSPS) is 12.4. The van der Waals surface area contributed by atoms with Crippen LogP contribution in [0.25, 0.3) is 0 Å². The van der Waals surface area contributed by atoms with E-state index >= 15 is 0 Å². The fourth-order valence-electron chi connectivity index (χ4n) is 1.80. The lowest BCUT2D eigenvalue weighted by Crippen LogP contribution is -2.28. The van der Waals surface area contributed by atoms with Gasteiger partial charge in [-0.3, -0.25) is 0 Å². The Hall–Kier alpha value is -1.72. The zero-order chi connectivity index (χ0) is 14.6. The van der Waals surface area contributed by atoms with Crippen LogP contribution in [0.4, 0.5) is 18.9 Å². The van der Waals surface area contributed by atoms with Crippen LogP contribution < -0.4 is 11.1 Å². The average molecular weight is 317 g/mol. The first-order chi connectivity index (χ1) is 9.47.